The largest absolute Gasteiger partial charge is 0.340 e. The van der Waals surface area contributed by atoms with E-state index in [9.17, 15) is 0 Å². The molecule has 2 aromatic heterocycles. The summed E-state index contributed by atoms with van der Waals surface area (Å²) in [5.74, 6) is 1.18. The van der Waals surface area contributed by atoms with Gasteiger partial charge in [-0.05, 0) is 22.0 Å². The second-order valence-electron chi connectivity index (χ2n) is 4.51. The van der Waals surface area contributed by atoms with Gasteiger partial charge in [-0.25, -0.2) is 9.97 Å². The molecule has 6 nitrogen and oxygen atoms in total. The summed E-state index contributed by atoms with van der Waals surface area (Å²) in [6.07, 6.45) is 5.38. The Labute approximate surface area is 118 Å². The van der Waals surface area contributed by atoms with Crippen molar-refractivity contribution in [2.24, 2.45) is 5.92 Å². The summed E-state index contributed by atoms with van der Waals surface area (Å²) >= 11 is 3.38. The molecule has 1 saturated heterocycles. The second kappa shape index (κ2) is 4.97. The number of nitriles is 1. The zero-order chi connectivity index (χ0) is 13.2. The molecule has 0 atom stereocenters. The lowest BCUT2D eigenvalue weighted by atomic mass is 10.0. The first kappa shape index (κ1) is 12.1. The molecule has 0 aliphatic carbocycles. The summed E-state index contributed by atoms with van der Waals surface area (Å²) in [7, 11) is 0. The molecule has 0 unspecified atom stereocenters. The van der Waals surface area contributed by atoms with Gasteiger partial charge in [0.1, 0.15) is 11.8 Å². The van der Waals surface area contributed by atoms with Gasteiger partial charge in [-0.2, -0.15) is 10.4 Å². The predicted octanol–water partition coefficient (Wildman–Crippen LogP) is 1.44. The third-order valence-corrected chi connectivity index (χ3v) is 3.45. The van der Waals surface area contributed by atoms with Crippen LogP contribution < -0.4 is 4.90 Å². The molecular weight excluding hydrogens is 308 g/mol. The highest BCUT2D eigenvalue weighted by Gasteiger charge is 2.29. The molecule has 19 heavy (non-hydrogen) atoms. The van der Waals surface area contributed by atoms with Crippen LogP contribution in [0.5, 0.6) is 0 Å². The van der Waals surface area contributed by atoms with Gasteiger partial charge in [-0.1, -0.05) is 0 Å². The molecule has 7 heteroatoms. The Morgan fingerprint density at radius 1 is 1.47 bits per heavy atom. The first-order chi connectivity index (χ1) is 9.24. The average Bonchev–Trinajstić information content (AvgIpc) is 2.79. The number of halogens is 1. The van der Waals surface area contributed by atoms with Crippen molar-refractivity contribution in [3.63, 3.8) is 0 Å². The van der Waals surface area contributed by atoms with Crippen molar-refractivity contribution in [1.82, 2.24) is 19.7 Å². The lowest BCUT2D eigenvalue weighted by Gasteiger charge is -2.39. The fourth-order valence-corrected chi connectivity index (χ4v) is 2.44. The Balaban J connectivity index is 1.59. The first-order valence-corrected chi connectivity index (χ1v) is 6.70. The maximum absolute atomic E-state index is 8.81. The SMILES string of the molecule is N#Cc1ccnc(N2CC(Cn3cc(Br)cn3)C2)n1. The van der Waals surface area contributed by atoms with Crippen molar-refractivity contribution in [1.29, 1.82) is 5.26 Å². The number of nitrogens with zero attached hydrogens (tertiary/aromatic N) is 6. The van der Waals surface area contributed by atoms with Crippen LogP contribution in [-0.2, 0) is 6.54 Å². The summed E-state index contributed by atoms with van der Waals surface area (Å²) < 4.78 is 2.92. The van der Waals surface area contributed by atoms with Gasteiger partial charge in [-0.15, -0.1) is 0 Å². The highest BCUT2D eigenvalue weighted by Crippen LogP contribution is 2.22. The number of aromatic nitrogens is 4. The van der Waals surface area contributed by atoms with Crippen molar-refractivity contribution in [3.05, 3.63) is 34.8 Å². The van der Waals surface area contributed by atoms with Crippen molar-refractivity contribution in [2.75, 3.05) is 18.0 Å². The van der Waals surface area contributed by atoms with Crippen LogP contribution in [0.25, 0.3) is 0 Å². The first-order valence-electron chi connectivity index (χ1n) is 5.90. The standard InChI is InChI=1S/C12H11BrN6/c13-10-4-16-19(8-10)7-9-5-18(6-9)12-15-2-1-11(3-14)17-12/h1-2,4,8-9H,5-7H2. The van der Waals surface area contributed by atoms with E-state index >= 15 is 0 Å². The van der Waals surface area contributed by atoms with Gasteiger partial charge in [0.05, 0.1) is 10.7 Å². The van der Waals surface area contributed by atoms with Gasteiger partial charge >= 0.3 is 0 Å². The maximum Gasteiger partial charge on any atom is 0.226 e. The predicted molar refractivity (Wildman–Crippen MR) is 72.4 cm³/mol. The highest BCUT2D eigenvalue weighted by molar-refractivity contribution is 9.10. The van der Waals surface area contributed by atoms with E-state index in [1.54, 1.807) is 18.5 Å². The molecule has 0 saturated carbocycles. The molecule has 0 amide bonds. The molecule has 1 fully saturated rings. The van der Waals surface area contributed by atoms with Crippen LogP contribution in [0.1, 0.15) is 5.69 Å². The number of hydrogen-bond acceptors (Lipinski definition) is 5. The van der Waals surface area contributed by atoms with Crippen LogP contribution in [0.3, 0.4) is 0 Å². The highest BCUT2D eigenvalue weighted by atomic mass is 79.9. The molecule has 0 N–H and O–H groups in total. The molecule has 0 spiro atoms. The fourth-order valence-electron chi connectivity index (χ4n) is 2.11. The van der Waals surface area contributed by atoms with E-state index in [-0.39, 0.29) is 0 Å². The van der Waals surface area contributed by atoms with Crippen LogP contribution in [0.2, 0.25) is 0 Å². The quantitative estimate of drug-likeness (QED) is 0.856. The number of hydrogen-bond donors (Lipinski definition) is 0. The van der Waals surface area contributed by atoms with E-state index in [1.165, 1.54) is 0 Å². The molecule has 1 aliphatic rings. The van der Waals surface area contributed by atoms with Crippen molar-refractivity contribution in [2.45, 2.75) is 6.54 Å². The van der Waals surface area contributed by atoms with E-state index in [0.29, 0.717) is 17.6 Å². The lowest BCUT2D eigenvalue weighted by Crippen LogP contribution is -2.49. The minimum atomic E-state index is 0.407. The summed E-state index contributed by atoms with van der Waals surface area (Å²) in [4.78, 5) is 10.4. The van der Waals surface area contributed by atoms with Gasteiger partial charge in [0.25, 0.3) is 0 Å². The van der Waals surface area contributed by atoms with Gasteiger partial charge in [0.15, 0.2) is 0 Å². The number of anilines is 1. The smallest absolute Gasteiger partial charge is 0.226 e. The van der Waals surface area contributed by atoms with Crippen LogP contribution in [0.4, 0.5) is 5.95 Å². The minimum absolute atomic E-state index is 0.407. The Bertz CT molecular complexity index is 625. The van der Waals surface area contributed by atoms with Crippen LogP contribution >= 0.6 is 15.9 Å². The van der Waals surface area contributed by atoms with Gasteiger partial charge < -0.3 is 4.90 Å². The molecular formula is C12H11BrN6. The summed E-state index contributed by atoms with van der Waals surface area (Å²) in [5.41, 5.74) is 0.407. The monoisotopic (exact) mass is 318 g/mol. The Morgan fingerprint density at radius 2 is 2.32 bits per heavy atom. The second-order valence-corrected chi connectivity index (χ2v) is 5.42. The van der Waals surface area contributed by atoms with E-state index in [4.69, 9.17) is 5.26 Å². The third kappa shape index (κ3) is 2.58. The van der Waals surface area contributed by atoms with E-state index in [2.05, 4.69) is 35.9 Å². The Hall–Kier alpha value is -1.94. The Kier molecular flexibility index (Phi) is 3.17. The van der Waals surface area contributed by atoms with Crippen LogP contribution in [0.15, 0.2) is 29.1 Å². The van der Waals surface area contributed by atoms with Gasteiger partial charge in [0, 0.05) is 37.9 Å². The summed E-state index contributed by atoms with van der Waals surface area (Å²) in [6.45, 7) is 2.68. The van der Waals surface area contributed by atoms with E-state index in [0.717, 1.165) is 24.1 Å². The van der Waals surface area contributed by atoms with E-state index < -0.39 is 0 Å². The molecule has 3 heterocycles. The molecule has 3 rings (SSSR count). The van der Waals surface area contributed by atoms with E-state index in [1.807, 2.05) is 16.9 Å². The van der Waals surface area contributed by atoms with Crippen LogP contribution in [-0.4, -0.2) is 32.8 Å². The fraction of sp³-hybridized carbons (Fsp3) is 0.333. The average molecular weight is 319 g/mol. The van der Waals surface area contributed by atoms with Gasteiger partial charge in [0.2, 0.25) is 5.95 Å². The Morgan fingerprint density at radius 3 is 3.00 bits per heavy atom. The molecule has 2 aromatic rings. The van der Waals surface area contributed by atoms with Crippen molar-refractivity contribution < 1.29 is 0 Å². The van der Waals surface area contributed by atoms with Crippen LogP contribution in [0, 0.1) is 17.2 Å². The van der Waals surface area contributed by atoms with Crippen molar-refractivity contribution >= 4 is 21.9 Å². The molecule has 0 bridgehead atoms. The molecule has 1 aliphatic heterocycles. The summed E-state index contributed by atoms with van der Waals surface area (Å²) in [5, 5.41) is 13.0. The third-order valence-electron chi connectivity index (χ3n) is 3.04. The lowest BCUT2D eigenvalue weighted by molar-refractivity contribution is 0.338. The summed E-state index contributed by atoms with van der Waals surface area (Å²) in [6, 6.07) is 3.64. The zero-order valence-corrected chi connectivity index (χ0v) is 11.7. The topological polar surface area (TPSA) is 70.6 Å². The normalized spacial score (nSPS) is 15.1. The minimum Gasteiger partial charge on any atom is -0.340 e. The molecule has 0 radical (unpaired) electrons. The molecule has 96 valence electrons. The maximum atomic E-state index is 8.81. The number of rotatable bonds is 3. The van der Waals surface area contributed by atoms with Crippen molar-refractivity contribution in [3.8, 4) is 6.07 Å². The van der Waals surface area contributed by atoms with Gasteiger partial charge in [-0.3, -0.25) is 4.68 Å². The zero-order valence-electron chi connectivity index (χ0n) is 10.1. The molecule has 0 aromatic carbocycles.